The Labute approximate surface area is 83.9 Å². The standard InChI is InChI=1S/C11H15NO2/c1-3-9-5-4-6-10(8(9)2)14-11(13)7-12/h4-6H,3,7,12H2,1-2H3. The molecule has 3 heteroatoms. The molecule has 0 bridgehead atoms. The van der Waals surface area contributed by atoms with Gasteiger partial charge in [-0.1, -0.05) is 19.1 Å². The number of rotatable bonds is 3. The first-order valence-corrected chi connectivity index (χ1v) is 4.68. The van der Waals surface area contributed by atoms with E-state index in [1.54, 1.807) is 6.07 Å². The number of carbonyl (C=O) groups excluding carboxylic acids is 1. The van der Waals surface area contributed by atoms with Crippen LogP contribution in [-0.2, 0) is 11.2 Å². The Hall–Kier alpha value is -1.35. The molecule has 0 saturated carbocycles. The summed E-state index contributed by atoms with van der Waals surface area (Å²) in [5, 5.41) is 0. The van der Waals surface area contributed by atoms with Crippen molar-refractivity contribution in [1.82, 2.24) is 0 Å². The first-order chi connectivity index (χ1) is 6.69. The summed E-state index contributed by atoms with van der Waals surface area (Å²) in [5.41, 5.74) is 7.36. The molecule has 0 spiro atoms. The molecule has 0 amide bonds. The number of nitrogens with two attached hydrogens (primary N) is 1. The van der Waals surface area contributed by atoms with E-state index in [0.29, 0.717) is 5.75 Å². The van der Waals surface area contributed by atoms with Crippen LogP contribution < -0.4 is 10.5 Å². The number of hydrogen-bond donors (Lipinski definition) is 1. The van der Waals surface area contributed by atoms with E-state index in [2.05, 4.69) is 6.92 Å². The zero-order chi connectivity index (χ0) is 10.6. The highest BCUT2D eigenvalue weighted by Crippen LogP contribution is 2.21. The molecule has 0 unspecified atom stereocenters. The number of ether oxygens (including phenoxy) is 1. The highest BCUT2D eigenvalue weighted by atomic mass is 16.5. The Morgan fingerprint density at radius 3 is 2.79 bits per heavy atom. The van der Waals surface area contributed by atoms with Gasteiger partial charge in [-0.2, -0.15) is 0 Å². The molecule has 0 aliphatic rings. The first kappa shape index (κ1) is 10.7. The summed E-state index contributed by atoms with van der Waals surface area (Å²) in [4.78, 5) is 11.0. The second kappa shape index (κ2) is 4.77. The number of benzene rings is 1. The van der Waals surface area contributed by atoms with Crippen LogP contribution >= 0.6 is 0 Å². The lowest BCUT2D eigenvalue weighted by Gasteiger charge is -2.09. The second-order valence-corrected chi connectivity index (χ2v) is 3.07. The molecule has 0 saturated heterocycles. The second-order valence-electron chi connectivity index (χ2n) is 3.07. The predicted molar refractivity (Wildman–Crippen MR) is 55.2 cm³/mol. The van der Waals surface area contributed by atoms with Crippen molar-refractivity contribution in [3.05, 3.63) is 29.3 Å². The third kappa shape index (κ3) is 2.33. The monoisotopic (exact) mass is 193 g/mol. The van der Waals surface area contributed by atoms with E-state index in [4.69, 9.17) is 10.5 Å². The van der Waals surface area contributed by atoms with Gasteiger partial charge in [0.15, 0.2) is 0 Å². The highest BCUT2D eigenvalue weighted by Gasteiger charge is 2.06. The van der Waals surface area contributed by atoms with Crippen molar-refractivity contribution in [1.29, 1.82) is 0 Å². The van der Waals surface area contributed by atoms with Gasteiger partial charge in [-0.05, 0) is 30.5 Å². The minimum Gasteiger partial charge on any atom is -0.425 e. The predicted octanol–water partition coefficient (Wildman–Crippen LogP) is 1.42. The molecular weight excluding hydrogens is 178 g/mol. The first-order valence-electron chi connectivity index (χ1n) is 4.68. The molecule has 0 aliphatic heterocycles. The van der Waals surface area contributed by atoms with Crippen LogP contribution in [0.25, 0.3) is 0 Å². The van der Waals surface area contributed by atoms with Crippen LogP contribution in [0, 0.1) is 6.92 Å². The summed E-state index contributed by atoms with van der Waals surface area (Å²) in [7, 11) is 0. The lowest BCUT2D eigenvalue weighted by atomic mass is 10.1. The van der Waals surface area contributed by atoms with Crippen LogP contribution in [0.1, 0.15) is 18.1 Å². The van der Waals surface area contributed by atoms with Crippen molar-refractivity contribution in [3.63, 3.8) is 0 Å². The summed E-state index contributed by atoms with van der Waals surface area (Å²) < 4.78 is 5.07. The summed E-state index contributed by atoms with van der Waals surface area (Å²) >= 11 is 0. The van der Waals surface area contributed by atoms with Gasteiger partial charge in [-0.25, -0.2) is 0 Å². The molecule has 0 heterocycles. The SMILES string of the molecule is CCc1cccc(OC(=O)CN)c1C. The largest absolute Gasteiger partial charge is 0.425 e. The molecule has 2 N–H and O–H groups in total. The van der Waals surface area contributed by atoms with Gasteiger partial charge >= 0.3 is 5.97 Å². The van der Waals surface area contributed by atoms with E-state index >= 15 is 0 Å². The quantitative estimate of drug-likeness (QED) is 0.583. The van der Waals surface area contributed by atoms with Crippen molar-refractivity contribution in [2.24, 2.45) is 5.73 Å². The number of aryl methyl sites for hydroxylation is 1. The van der Waals surface area contributed by atoms with Gasteiger partial charge in [0, 0.05) is 0 Å². The van der Waals surface area contributed by atoms with Crippen LogP contribution in [0.2, 0.25) is 0 Å². The smallest absolute Gasteiger partial charge is 0.325 e. The Kier molecular flexibility index (Phi) is 3.65. The topological polar surface area (TPSA) is 52.3 Å². The minimum atomic E-state index is -0.402. The van der Waals surface area contributed by atoms with Gasteiger partial charge in [0.25, 0.3) is 0 Å². The fourth-order valence-electron chi connectivity index (χ4n) is 1.32. The third-order valence-electron chi connectivity index (χ3n) is 2.17. The van der Waals surface area contributed by atoms with Gasteiger partial charge in [0.05, 0.1) is 6.54 Å². The van der Waals surface area contributed by atoms with E-state index in [1.165, 1.54) is 5.56 Å². The van der Waals surface area contributed by atoms with Crippen LogP contribution in [0.15, 0.2) is 18.2 Å². The summed E-state index contributed by atoms with van der Waals surface area (Å²) in [6.45, 7) is 3.92. The number of hydrogen-bond acceptors (Lipinski definition) is 3. The molecule has 0 fully saturated rings. The molecular formula is C11H15NO2. The lowest BCUT2D eigenvalue weighted by Crippen LogP contribution is -2.19. The molecule has 3 nitrogen and oxygen atoms in total. The van der Waals surface area contributed by atoms with Gasteiger partial charge in [-0.3, -0.25) is 4.79 Å². The average molecular weight is 193 g/mol. The van der Waals surface area contributed by atoms with Crippen molar-refractivity contribution >= 4 is 5.97 Å². The van der Waals surface area contributed by atoms with Crippen molar-refractivity contribution in [2.45, 2.75) is 20.3 Å². The molecule has 1 aromatic carbocycles. The number of carbonyl (C=O) groups is 1. The van der Waals surface area contributed by atoms with Gasteiger partial charge in [-0.15, -0.1) is 0 Å². The van der Waals surface area contributed by atoms with Crippen LogP contribution in [0.5, 0.6) is 5.75 Å². The fourth-order valence-corrected chi connectivity index (χ4v) is 1.32. The summed E-state index contributed by atoms with van der Waals surface area (Å²) in [5.74, 6) is 0.209. The molecule has 1 aromatic rings. The molecule has 0 aromatic heterocycles. The van der Waals surface area contributed by atoms with E-state index in [1.807, 2.05) is 19.1 Å². The maximum atomic E-state index is 11.0. The molecule has 0 radical (unpaired) electrons. The molecule has 14 heavy (non-hydrogen) atoms. The molecule has 76 valence electrons. The van der Waals surface area contributed by atoms with Gasteiger partial charge in [0.2, 0.25) is 0 Å². The molecule has 0 atom stereocenters. The van der Waals surface area contributed by atoms with Crippen molar-refractivity contribution in [3.8, 4) is 5.75 Å². The van der Waals surface area contributed by atoms with Gasteiger partial charge in [0.1, 0.15) is 5.75 Å². The average Bonchev–Trinajstić information content (AvgIpc) is 2.21. The zero-order valence-electron chi connectivity index (χ0n) is 8.54. The van der Waals surface area contributed by atoms with Crippen LogP contribution in [0.4, 0.5) is 0 Å². The van der Waals surface area contributed by atoms with E-state index in [-0.39, 0.29) is 6.54 Å². The summed E-state index contributed by atoms with van der Waals surface area (Å²) in [6, 6.07) is 5.68. The highest BCUT2D eigenvalue weighted by molar-refractivity contribution is 5.74. The molecule has 0 aliphatic carbocycles. The van der Waals surface area contributed by atoms with Crippen LogP contribution in [-0.4, -0.2) is 12.5 Å². The maximum Gasteiger partial charge on any atom is 0.325 e. The number of esters is 1. The normalized spacial score (nSPS) is 9.93. The van der Waals surface area contributed by atoms with Crippen molar-refractivity contribution < 1.29 is 9.53 Å². The molecule has 1 rings (SSSR count). The van der Waals surface area contributed by atoms with Crippen molar-refractivity contribution in [2.75, 3.05) is 6.54 Å². The zero-order valence-corrected chi connectivity index (χ0v) is 8.54. The Bertz CT molecular complexity index is 334. The Morgan fingerprint density at radius 1 is 1.50 bits per heavy atom. The van der Waals surface area contributed by atoms with E-state index < -0.39 is 5.97 Å². The Morgan fingerprint density at radius 2 is 2.21 bits per heavy atom. The minimum absolute atomic E-state index is 0.0875. The van der Waals surface area contributed by atoms with Gasteiger partial charge < -0.3 is 10.5 Å². The van der Waals surface area contributed by atoms with E-state index in [0.717, 1.165) is 12.0 Å². The fraction of sp³-hybridized carbons (Fsp3) is 0.364. The van der Waals surface area contributed by atoms with E-state index in [9.17, 15) is 4.79 Å². The lowest BCUT2D eigenvalue weighted by molar-refractivity contribution is -0.132. The maximum absolute atomic E-state index is 11.0. The Balaban J connectivity index is 2.92. The summed E-state index contributed by atoms with van der Waals surface area (Å²) in [6.07, 6.45) is 0.930. The van der Waals surface area contributed by atoms with Crippen LogP contribution in [0.3, 0.4) is 0 Å². The third-order valence-corrected chi connectivity index (χ3v) is 2.17.